The fraction of sp³-hybridized carbons (Fsp3) is 0.714. The molecule has 1 fully saturated rings. The van der Waals surface area contributed by atoms with Crippen molar-refractivity contribution in [3.05, 3.63) is 0 Å². The first kappa shape index (κ1) is 7.62. The highest BCUT2D eigenvalue weighted by Gasteiger charge is 2.26. The third-order valence-corrected chi connectivity index (χ3v) is 2.88. The number of carbonyl (C=O) groups excluding carboxylic acids is 1. The van der Waals surface area contributed by atoms with Crippen LogP contribution in [0.15, 0.2) is 0 Å². The molecule has 1 aliphatic carbocycles. The molecule has 0 heterocycles. The first-order valence-corrected chi connectivity index (χ1v) is 4.26. The molecule has 3 heteroatoms. The second kappa shape index (κ2) is 3.62. The van der Waals surface area contributed by atoms with Crippen LogP contribution in [0, 0.1) is 16.6 Å². The highest BCUT2D eigenvalue weighted by Crippen LogP contribution is 2.32. The van der Waals surface area contributed by atoms with Crippen LogP contribution < -0.4 is 0 Å². The van der Waals surface area contributed by atoms with Crippen molar-refractivity contribution in [2.24, 2.45) is 5.92 Å². The van der Waals surface area contributed by atoms with E-state index in [4.69, 9.17) is 5.26 Å². The molecule has 0 spiro atoms. The fourth-order valence-electron chi connectivity index (χ4n) is 1.32. The summed E-state index contributed by atoms with van der Waals surface area (Å²) >= 11 is 1.25. The maximum atomic E-state index is 10.4. The Bertz CT molecular complexity index is 163. The zero-order valence-electron chi connectivity index (χ0n) is 5.62. The predicted octanol–water partition coefficient (Wildman–Crippen LogP) is 1.57. The van der Waals surface area contributed by atoms with Crippen molar-refractivity contribution in [3.8, 4) is 5.40 Å². The van der Waals surface area contributed by atoms with Crippen molar-refractivity contribution < 1.29 is 4.79 Å². The lowest BCUT2D eigenvalue weighted by Crippen LogP contribution is -2.09. The molecule has 0 saturated heterocycles. The van der Waals surface area contributed by atoms with Crippen molar-refractivity contribution in [1.82, 2.24) is 0 Å². The minimum absolute atomic E-state index is 0.143. The second-order valence-electron chi connectivity index (χ2n) is 2.48. The summed E-state index contributed by atoms with van der Waals surface area (Å²) in [5, 5.41) is 10.6. The minimum atomic E-state index is 0.143. The number of thioether (sulfide) groups is 1. The van der Waals surface area contributed by atoms with Crippen LogP contribution in [0.2, 0.25) is 0 Å². The highest BCUT2D eigenvalue weighted by atomic mass is 32.2. The standard InChI is InChI=1S/C7H9NOS/c8-5-10-7-3-1-2-6(7)4-9/h4,6-7H,1-3H2/t6-,7-/m1/s1. The van der Waals surface area contributed by atoms with Crippen LogP contribution in [0.1, 0.15) is 19.3 Å². The molecule has 0 unspecified atom stereocenters. The van der Waals surface area contributed by atoms with Gasteiger partial charge in [-0.05, 0) is 24.6 Å². The minimum Gasteiger partial charge on any atom is -0.303 e. The molecular formula is C7H9NOS. The molecule has 2 nitrogen and oxygen atoms in total. The van der Waals surface area contributed by atoms with Crippen LogP contribution >= 0.6 is 11.8 Å². The molecule has 1 rings (SSSR count). The summed E-state index contributed by atoms with van der Waals surface area (Å²) in [4.78, 5) is 10.4. The molecule has 0 N–H and O–H groups in total. The summed E-state index contributed by atoms with van der Waals surface area (Å²) in [5.74, 6) is 0.143. The quantitative estimate of drug-likeness (QED) is 0.449. The molecule has 0 aromatic heterocycles. The number of aldehydes is 1. The Morgan fingerprint density at radius 2 is 2.40 bits per heavy atom. The molecule has 2 atom stereocenters. The van der Waals surface area contributed by atoms with Gasteiger partial charge in [0.1, 0.15) is 11.7 Å². The Morgan fingerprint density at radius 1 is 1.60 bits per heavy atom. The number of nitriles is 1. The highest BCUT2D eigenvalue weighted by molar-refractivity contribution is 8.04. The Kier molecular flexibility index (Phi) is 2.76. The van der Waals surface area contributed by atoms with E-state index in [9.17, 15) is 4.79 Å². The molecule has 0 aromatic carbocycles. The van der Waals surface area contributed by atoms with Gasteiger partial charge in [0.05, 0.1) is 0 Å². The Balaban J connectivity index is 2.43. The van der Waals surface area contributed by atoms with Gasteiger partial charge in [-0.25, -0.2) is 0 Å². The number of hydrogen-bond acceptors (Lipinski definition) is 3. The molecule has 0 bridgehead atoms. The van der Waals surface area contributed by atoms with Gasteiger partial charge < -0.3 is 4.79 Å². The second-order valence-corrected chi connectivity index (χ2v) is 3.50. The summed E-state index contributed by atoms with van der Waals surface area (Å²) in [6.45, 7) is 0. The molecular weight excluding hydrogens is 146 g/mol. The van der Waals surface area contributed by atoms with E-state index in [0.29, 0.717) is 0 Å². The monoisotopic (exact) mass is 155 g/mol. The summed E-state index contributed by atoms with van der Waals surface area (Å²) in [5.41, 5.74) is 0. The third-order valence-electron chi connectivity index (χ3n) is 1.88. The third kappa shape index (κ3) is 1.51. The van der Waals surface area contributed by atoms with Crippen molar-refractivity contribution in [1.29, 1.82) is 5.26 Å². The van der Waals surface area contributed by atoms with Crippen molar-refractivity contribution in [3.63, 3.8) is 0 Å². The van der Waals surface area contributed by atoms with Crippen molar-refractivity contribution in [2.45, 2.75) is 24.5 Å². The van der Waals surface area contributed by atoms with Crippen LogP contribution in [0.5, 0.6) is 0 Å². The lowest BCUT2D eigenvalue weighted by Gasteiger charge is -2.06. The van der Waals surface area contributed by atoms with E-state index in [1.165, 1.54) is 11.8 Å². The van der Waals surface area contributed by atoms with E-state index in [0.717, 1.165) is 25.5 Å². The van der Waals surface area contributed by atoms with Crippen LogP contribution in [0.4, 0.5) is 0 Å². The average Bonchev–Trinajstić information content (AvgIpc) is 2.36. The van der Waals surface area contributed by atoms with Gasteiger partial charge in [0.15, 0.2) is 0 Å². The largest absolute Gasteiger partial charge is 0.303 e. The van der Waals surface area contributed by atoms with E-state index >= 15 is 0 Å². The van der Waals surface area contributed by atoms with Crippen molar-refractivity contribution in [2.75, 3.05) is 0 Å². The zero-order valence-corrected chi connectivity index (χ0v) is 6.43. The molecule has 0 aliphatic heterocycles. The SMILES string of the molecule is N#CS[C@@H]1CCC[C@@H]1C=O. The number of thiocyanates is 1. The van der Waals surface area contributed by atoms with Gasteiger partial charge in [-0.3, -0.25) is 0 Å². The molecule has 0 aromatic rings. The van der Waals surface area contributed by atoms with E-state index in [1.54, 1.807) is 0 Å². The number of rotatable bonds is 2. The normalized spacial score (nSPS) is 31.5. The Hall–Kier alpha value is -0.490. The molecule has 0 radical (unpaired) electrons. The molecule has 0 amide bonds. The zero-order chi connectivity index (χ0) is 7.40. The van der Waals surface area contributed by atoms with Crippen molar-refractivity contribution >= 4 is 18.0 Å². The first-order valence-electron chi connectivity index (χ1n) is 3.38. The summed E-state index contributed by atoms with van der Waals surface area (Å²) in [6.07, 6.45) is 4.09. The topological polar surface area (TPSA) is 40.9 Å². The lowest BCUT2D eigenvalue weighted by molar-refractivity contribution is -0.110. The Morgan fingerprint density at radius 3 is 3.00 bits per heavy atom. The summed E-state index contributed by atoms with van der Waals surface area (Å²) < 4.78 is 0. The molecule has 1 aliphatic rings. The van der Waals surface area contributed by atoms with Gasteiger partial charge in [-0.15, -0.1) is 0 Å². The van der Waals surface area contributed by atoms with Gasteiger partial charge in [0.2, 0.25) is 0 Å². The maximum absolute atomic E-state index is 10.4. The van der Waals surface area contributed by atoms with Gasteiger partial charge in [0, 0.05) is 11.2 Å². The first-order chi connectivity index (χ1) is 4.88. The predicted molar refractivity (Wildman–Crippen MR) is 40.4 cm³/mol. The summed E-state index contributed by atoms with van der Waals surface area (Å²) in [6, 6.07) is 0. The molecule has 1 saturated carbocycles. The summed E-state index contributed by atoms with van der Waals surface area (Å²) in [7, 11) is 0. The van der Waals surface area contributed by atoms with Gasteiger partial charge in [0.25, 0.3) is 0 Å². The maximum Gasteiger partial charge on any atom is 0.133 e. The smallest absolute Gasteiger partial charge is 0.133 e. The lowest BCUT2D eigenvalue weighted by atomic mass is 10.1. The van der Waals surface area contributed by atoms with E-state index < -0.39 is 0 Å². The van der Waals surface area contributed by atoms with E-state index in [1.807, 2.05) is 5.40 Å². The van der Waals surface area contributed by atoms with Crippen LogP contribution in [-0.4, -0.2) is 11.5 Å². The van der Waals surface area contributed by atoms with Gasteiger partial charge in [-0.2, -0.15) is 5.26 Å². The van der Waals surface area contributed by atoms with Gasteiger partial charge in [-0.1, -0.05) is 6.42 Å². The van der Waals surface area contributed by atoms with Crippen LogP contribution in [0.25, 0.3) is 0 Å². The van der Waals surface area contributed by atoms with E-state index in [2.05, 4.69) is 0 Å². The fourth-order valence-corrected chi connectivity index (χ4v) is 2.12. The number of nitrogens with zero attached hydrogens (tertiary/aromatic N) is 1. The van der Waals surface area contributed by atoms with Crippen LogP contribution in [-0.2, 0) is 4.79 Å². The average molecular weight is 155 g/mol. The molecule has 10 heavy (non-hydrogen) atoms. The van der Waals surface area contributed by atoms with Crippen LogP contribution in [0.3, 0.4) is 0 Å². The van der Waals surface area contributed by atoms with E-state index in [-0.39, 0.29) is 11.2 Å². The number of carbonyl (C=O) groups is 1. The van der Waals surface area contributed by atoms with Gasteiger partial charge >= 0.3 is 0 Å². The molecule has 54 valence electrons. The number of hydrogen-bond donors (Lipinski definition) is 0. The Labute approximate surface area is 64.6 Å².